The van der Waals surface area contributed by atoms with Crippen molar-refractivity contribution in [2.45, 2.75) is 18.5 Å². The Morgan fingerprint density at radius 3 is 3.20 bits per heavy atom. The van der Waals surface area contributed by atoms with Crippen molar-refractivity contribution in [1.82, 2.24) is 19.9 Å². The Bertz CT molecular complexity index is 742. The topological polar surface area (TPSA) is 75.2 Å². The molecule has 2 aliphatic rings. The first-order chi connectivity index (χ1) is 9.83. The summed E-state index contributed by atoms with van der Waals surface area (Å²) >= 11 is 0. The summed E-state index contributed by atoms with van der Waals surface area (Å²) in [6.07, 6.45) is 8.44. The van der Waals surface area contributed by atoms with Crippen molar-refractivity contribution < 1.29 is 4.74 Å². The predicted molar refractivity (Wildman–Crippen MR) is 71.8 cm³/mol. The average Bonchev–Trinajstić information content (AvgIpc) is 2.89. The van der Waals surface area contributed by atoms with Crippen LogP contribution in [0.1, 0.15) is 17.5 Å². The maximum absolute atomic E-state index is 8.97. The van der Waals surface area contributed by atoms with Crippen molar-refractivity contribution in [2.75, 3.05) is 13.2 Å². The molecule has 6 heteroatoms. The van der Waals surface area contributed by atoms with E-state index >= 15 is 0 Å². The van der Waals surface area contributed by atoms with Crippen molar-refractivity contribution >= 4 is 11.2 Å². The van der Waals surface area contributed by atoms with Gasteiger partial charge in [-0.25, -0.2) is 9.50 Å². The second-order valence-electron chi connectivity index (χ2n) is 5.18. The van der Waals surface area contributed by atoms with E-state index in [4.69, 9.17) is 10.00 Å². The molecule has 0 saturated carbocycles. The lowest BCUT2D eigenvalue weighted by Crippen LogP contribution is -2.50. The van der Waals surface area contributed by atoms with E-state index in [1.165, 1.54) is 5.57 Å². The van der Waals surface area contributed by atoms with Crippen LogP contribution < -0.4 is 5.32 Å². The van der Waals surface area contributed by atoms with Crippen molar-refractivity contribution in [3.8, 4) is 6.07 Å². The molecule has 4 rings (SSSR count). The zero-order valence-corrected chi connectivity index (χ0v) is 10.8. The van der Waals surface area contributed by atoms with E-state index in [1.807, 2.05) is 12.4 Å². The van der Waals surface area contributed by atoms with E-state index in [0.29, 0.717) is 17.3 Å². The Morgan fingerprint density at radius 1 is 1.40 bits per heavy atom. The molecule has 2 aromatic heterocycles. The fourth-order valence-corrected chi connectivity index (χ4v) is 2.86. The molecule has 0 radical (unpaired) electrons. The lowest BCUT2D eigenvalue weighted by molar-refractivity contribution is 0.0561. The summed E-state index contributed by atoms with van der Waals surface area (Å²) in [4.78, 5) is 4.37. The summed E-state index contributed by atoms with van der Waals surface area (Å²) in [5, 5.41) is 16.7. The maximum atomic E-state index is 8.97. The monoisotopic (exact) mass is 267 g/mol. The molecule has 1 saturated heterocycles. The van der Waals surface area contributed by atoms with Crippen molar-refractivity contribution in [3.05, 3.63) is 35.8 Å². The van der Waals surface area contributed by atoms with Crippen LogP contribution in [0.3, 0.4) is 0 Å². The number of nitriles is 1. The summed E-state index contributed by atoms with van der Waals surface area (Å²) in [5.74, 6) is 0. The van der Waals surface area contributed by atoms with Crippen molar-refractivity contribution in [2.24, 2.45) is 0 Å². The average molecular weight is 267 g/mol. The van der Waals surface area contributed by atoms with Crippen LogP contribution >= 0.6 is 0 Å². The molecule has 2 aliphatic heterocycles. The standard InChI is InChI=1S/C14H13N5O/c15-3-10-5-17-19-6-11(4-16-14(10)19)9-1-12-7-20-8-13(2-9)18-12/h1,4-6,12-13,18H,2,7-8H2. The summed E-state index contributed by atoms with van der Waals surface area (Å²) in [6.45, 7) is 1.47. The van der Waals surface area contributed by atoms with Gasteiger partial charge in [0.1, 0.15) is 11.6 Å². The number of fused-ring (bicyclic) bond motifs is 3. The molecule has 1 fully saturated rings. The van der Waals surface area contributed by atoms with Gasteiger partial charge in [0, 0.05) is 30.0 Å². The summed E-state index contributed by atoms with van der Waals surface area (Å²) < 4.78 is 7.20. The van der Waals surface area contributed by atoms with Gasteiger partial charge in [0.15, 0.2) is 5.65 Å². The molecule has 2 aromatic rings. The lowest BCUT2D eigenvalue weighted by atomic mass is 9.93. The first-order valence-electron chi connectivity index (χ1n) is 6.62. The molecule has 6 nitrogen and oxygen atoms in total. The van der Waals surface area contributed by atoms with Crippen LogP contribution in [0.5, 0.6) is 0 Å². The first kappa shape index (κ1) is 11.6. The van der Waals surface area contributed by atoms with Gasteiger partial charge in [-0.05, 0) is 12.0 Å². The van der Waals surface area contributed by atoms with Crippen LogP contribution in [-0.2, 0) is 4.74 Å². The molecule has 2 unspecified atom stereocenters. The van der Waals surface area contributed by atoms with Gasteiger partial charge in [-0.3, -0.25) is 0 Å². The second kappa shape index (κ2) is 4.40. The predicted octanol–water partition coefficient (Wildman–Crippen LogP) is 0.745. The van der Waals surface area contributed by atoms with E-state index in [0.717, 1.165) is 25.2 Å². The van der Waals surface area contributed by atoms with Crippen LogP contribution in [0.2, 0.25) is 0 Å². The Labute approximate surface area is 115 Å². The number of nitrogens with one attached hydrogen (secondary N) is 1. The third kappa shape index (κ3) is 1.80. The van der Waals surface area contributed by atoms with Crippen LogP contribution in [0, 0.1) is 11.3 Å². The van der Waals surface area contributed by atoms with Crippen LogP contribution in [0.25, 0.3) is 11.2 Å². The molecular weight excluding hydrogens is 254 g/mol. The van der Waals surface area contributed by atoms with Gasteiger partial charge in [-0.1, -0.05) is 6.08 Å². The summed E-state index contributed by atoms with van der Waals surface area (Å²) in [7, 11) is 0. The zero-order valence-electron chi connectivity index (χ0n) is 10.8. The van der Waals surface area contributed by atoms with E-state index < -0.39 is 0 Å². The number of hydrogen-bond acceptors (Lipinski definition) is 5. The van der Waals surface area contributed by atoms with E-state index in [-0.39, 0.29) is 6.04 Å². The second-order valence-corrected chi connectivity index (χ2v) is 5.18. The first-order valence-corrected chi connectivity index (χ1v) is 6.62. The van der Waals surface area contributed by atoms with Gasteiger partial charge in [0.25, 0.3) is 0 Å². The van der Waals surface area contributed by atoms with Crippen molar-refractivity contribution in [1.29, 1.82) is 5.26 Å². The Balaban J connectivity index is 1.75. The van der Waals surface area contributed by atoms with Crippen LogP contribution in [-0.4, -0.2) is 39.9 Å². The molecule has 0 spiro atoms. The minimum absolute atomic E-state index is 0.278. The number of morpholine rings is 1. The largest absolute Gasteiger partial charge is 0.378 e. The van der Waals surface area contributed by atoms with Gasteiger partial charge < -0.3 is 10.1 Å². The molecule has 20 heavy (non-hydrogen) atoms. The molecule has 0 aliphatic carbocycles. The number of ether oxygens (including phenoxy) is 1. The Hall–Kier alpha value is -2.23. The number of hydrogen-bond donors (Lipinski definition) is 1. The summed E-state index contributed by atoms with van der Waals surface area (Å²) in [6, 6.07) is 2.74. The normalized spacial score (nSPS) is 25.2. The highest BCUT2D eigenvalue weighted by Gasteiger charge is 2.26. The molecule has 4 heterocycles. The molecule has 0 aromatic carbocycles. The number of rotatable bonds is 1. The van der Waals surface area contributed by atoms with Gasteiger partial charge in [-0.2, -0.15) is 10.4 Å². The van der Waals surface area contributed by atoms with Crippen molar-refractivity contribution in [3.63, 3.8) is 0 Å². The zero-order chi connectivity index (χ0) is 13.5. The number of aromatic nitrogens is 3. The SMILES string of the molecule is N#Cc1cnn2cc(C3=CC4COCC(C3)N4)cnc12. The number of nitrogens with zero attached hydrogens (tertiary/aromatic N) is 4. The van der Waals surface area contributed by atoms with Gasteiger partial charge >= 0.3 is 0 Å². The van der Waals surface area contributed by atoms with Gasteiger partial charge in [0.2, 0.25) is 0 Å². The molecule has 2 bridgehead atoms. The smallest absolute Gasteiger partial charge is 0.172 e. The van der Waals surface area contributed by atoms with E-state index in [9.17, 15) is 0 Å². The molecule has 2 atom stereocenters. The van der Waals surface area contributed by atoms with E-state index in [1.54, 1.807) is 10.7 Å². The maximum Gasteiger partial charge on any atom is 0.172 e. The minimum atomic E-state index is 0.278. The van der Waals surface area contributed by atoms with Gasteiger partial charge in [-0.15, -0.1) is 0 Å². The Kier molecular flexibility index (Phi) is 2.55. The fraction of sp³-hybridized carbons (Fsp3) is 0.357. The van der Waals surface area contributed by atoms with Gasteiger partial charge in [0.05, 0.1) is 19.4 Å². The third-order valence-corrected chi connectivity index (χ3v) is 3.78. The minimum Gasteiger partial charge on any atom is -0.378 e. The third-order valence-electron chi connectivity index (χ3n) is 3.78. The van der Waals surface area contributed by atoms with Crippen LogP contribution in [0.15, 0.2) is 24.7 Å². The highest BCUT2D eigenvalue weighted by Crippen LogP contribution is 2.26. The lowest BCUT2D eigenvalue weighted by Gasteiger charge is -2.34. The highest BCUT2D eigenvalue weighted by atomic mass is 16.5. The highest BCUT2D eigenvalue weighted by molar-refractivity contribution is 5.68. The molecule has 100 valence electrons. The fourth-order valence-electron chi connectivity index (χ4n) is 2.86. The molecular formula is C14H13N5O. The summed E-state index contributed by atoms with van der Waals surface area (Å²) in [5.41, 5.74) is 3.43. The van der Waals surface area contributed by atoms with E-state index in [2.05, 4.69) is 27.5 Å². The Morgan fingerprint density at radius 2 is 2.35 bits per heavy atom. The molecule has 1 N–H and O–H groups in total. The molecule has 0 amide bonds. The quantitative estimate of drug-likeness (QED) is 0.825. The van der Waals surface area contributed by atoms with Crippen LogP contribution in [0.4, 0.5) is 0 Å².